The Kier molecular flexibility index (Phi) is 3.65. The largest absolute Gasteiger partial charge is 0.469 e. The Bertz CT molecular complexity index is 854. The fourth-order valence-corrected chi connectivity index (χ4v) is 3.00. The number of nitrogens with zero attached hydrogens (tertiary/aromatic N) is 3. The van der Waals surface area contributed by atoms with Crippen LogP contribution in [0.1, 0.15) is 29.5 Å². The third kappa shape index (κ3) is 2.71. The van der Waals surface area contributed by atoms with Gasteiger partial charge in [0.05, 0.1) is 6.26 Å². The van der Waals surface area contributed by atoms with Crippen LogP contribution in [0.3, 0.4) is 0 Å². The molecule has 1 fully saturated rings. The van der Waals surface area contributed by atoms with Crippen LogP contribution >= 0.6 is 0 Å². The first-order valence-electron chi connectivity index (χ1n) is 7.99. The fraction of sp³-hybridized carbons (Fsp3) is 0.278. The van der Waals surface area contributed by atoms with Crippen LogP contribution in [0, 0.1) is 12.8 Å². The molecule has 3 aromatic rings. The van der Waals surface area contributed by atoms with Gasteiger partial charge in [0.15, 0.2) is 0 Å². The van der Waals surface area contributed by atoms with Crippen molar-refractivity contribution in [2.75, 3.05) is 0 Å². The van der Waals surface area contributed by atoms with E-state index in [-0.39, 0.29) is 17.7 Å². The molecule has 0 unspecified atom stereocenters. The lowest BCUT2D eigenvalue weighted by Gasteiger charge is -2.11. The second-order valence-corrected chi connectivity index (χ2v) is 6.01. The number of imidazole rings is 1. The number of carbonyl (C=O) groups excluding carboxylic acids is 1. The number of furan rings is 1. The first-order valence-corrected chi connectivity index (χ1v) is 7.99. The maximum atomic E-state index is 12.4. The number of hydrogen-bond acceptors (Lipinski definition) is 4. The minimum Gasteiger partial charge on any atom is -0.469 e. The van der Waals surface area contributed by atoms with E-state index in [2.05, 4.69) is 15.3 Å². The number of rotatable bonds is 5. The molecule has 1 saturated carbocycles. The number of pyridine rings is 1. The van der Waals surface area contributed by atoms with Crippen LogP contribution in [-0.4, -0.2) is 20.4 Å². The molecule has 1 aliphatic rings. The number of amides is 1. The van der Waals surface area contributed by atoms with E-state index in [4.69, 9.17) is 4.42 Å². The van der Waals surface area contributed by atoms with Crippen molar-refractivity contribution in [1.29, 1.82) is 0 Å². The van der Waals surface area contributed by atoms with Gasteiger partial charge in [-0.05, 0) is 31.5 Å². The Morgan fingerprint density at radius 3 is 3.00 bits per heavy atom. The van der Waals surface area contributed by atoms with Crippen molar-refractivity contribution < 1.29 is 9.21 Å². The Hall–Kier alpha value is -2.89. The summed E-state index contributed by atoms with van der Waals surface area (Å²) in [6.45, 7) is 2.37. The summed E-state index contributed by atoms with van der Waals surface area (Å²) in [7, 11) is 0. The quantitative estimate of drug-likeness (QED) is 0.783. The average molecular weight is 322 g/mol. The minimum atomic E-state index is 0.00579. The van der Waals surface area contributed by atoms with E-state index >= 15 is 0 Å². The van der Waals surface area contributed by atoms with Crippen LogP contribution in [-0.2, 0) is 11.3 Å². The second kappa shape index (κ2) is 5.96. The zero-order chi connectivity index (χ0) is 16.5. The summed E-state index contributed by atoms with van der Waals surface area (Å²) in [4.78, 5) is 21.0. The molecule has 1 amide bonds. The molecular weight excluding hydrogens is 304 g/mol. The molecule has 3 heterocycles. The molecule has 3 aromatic heterocycles. The predicted octanol–water partition coefficient (Wildman–Crippen LogP) is 2.59. The molecular formula is C18H18N4O2. The Morgan fingerprint density at radius 2 is 2.25 bits per heavy atom. The lowest BCUT2D eigenvalue weighted by molar-refractivity contribution is -0.122. The van der Waals surface area contributed by atoms with Gasteiger partial charge in [0.2, 0.25) is 5.91 Å². The fourth-order valence-electron chi connectivity index (χ4n) is 3.00. The number of hydrogen-bond donors (Lipinski definition) is 1. The standard InChI is InChI=1S/C18H18N4O2/c1-12-19-7-8-22(12)17-13(4-2-6-20-17)11-21-18(23)15-10-14(15)16-5-3-9-24-16/h2-9,14-15H,10-11H2,1H3,(H,21,23)/t14-,15+/m0/s1. The van der Waals surface area contributed by atoms with Gasteiger partial charge in [-0.1, -0.05) is 6.07 Å². The molecule has 0 aromatic carbocycles. The van der Waals surface area contributed by atoms with Crippen molar-refractivity contribution >= 4 is 5.91 Å². The van der Waals surface area contributed by atoms with E-state index in [1.54, 1.807) is 18.7 Å². The van der Waals surface area contributed by atoms with Gasteiger partial charge in [0, 0.05) is 42.5 Å². The number of aryl methyl sites for hydroxylation is 1. The molecule has 6 nitrogen and oxygen atoms in total. The molecule has 0 bridgehead atoms. The molecule has 122 valence electrons. The number of aromatic nitrogens is 3. The summed E-state index contributed by atoms with van der Waals surface area (Å²) in [5.74, 6) is 2.84. The smallest absolute Gasteiger partial charge is 0.224 e. The lowest BCUT2D eigenvalue weighted by atomic mass is 10.2. The number of nitrogens with one attached hydrogen (secondary N) is 1. The van der Waals surface area contributed by atoms with Crippen molar-refractivity contribution in [2.45, 2.75) is 25.8 Å². The summed E-state index contributed by atoms with van der Waals surface area (Å²) in [5, 5.41) is 3.02. The maximum absolute atomic E-state index is 12.4. The van der Waals surface area contributed by atoms with Gasteiger partial charge in [-0.3, -0.25) is 9.36 Å². The van der Waals surface area contributed by atoms with E-state index in [1.165, 1.54) is 0 Å². The van der Waals surface area contributed by atoms with Gasteiger partial charge in [-0.15, -0.1) is 0 Å². The maximum Gasteiger partial charge on any atom is 0.224 e. The second-order valence-electron chi connectivity index (χ2n) is 6.01. The molecule has 4 rings (SSSR count). The van der Waals surface area contributed by atoms with Crippen molar-refractivity contribution in [1.82, 2.24) is 19.9 Å². The van der Waals surface area contributed by atoms with Crippen LogP contribution in [0.2, 0.25) is 0 Å². The van der Waals surface area contributed by atoms with Gasteiger partial charge < -0.3 is 9.73 Å². The van der Waals surface area contributed by atoms with Crippen LogP contribution in [0.5, 0.6) is 0 Å². The molecule has 0 saturated heterocycles. The van der Waals surface area contributed by atoms with Crippen LogP contribution in [0.4, 0.5) is 0 Å². The highest BCUT2D eigenvalue weighted by molar-refractivity contribution is 5.82. The van der Waals surface area contributed by atoms with Crippen molar-refractivity contribution in [3.05, 3.63) is 66.3 Å². The summed E-state index contributed by atoms with van der Waals surface area (Å²) in [6, 6.07) is 7.63. The van der Waals surface area contributed by atoms with E-state index < -0.39 is 0 Å². The third-order valence-electron chi connectivity index (χ3n) is 4.41. The van der Waals surface area contributed by atoms with Crippen LogP contribution in [0.25, 0.3) is 5.82 Å². The van der Waals surface area contributed by atoms with Crippen LogP contribution in [0.15, 0.2) is 53.5 Å². The van der Waals surface area contributed by atoms with Gasteiger partial charge in [0.1, 0.15) is 17.4 Å². The monoisotopic (exact) mass is 322 g/mol. The molecule has 24 heavy (non-hydrogen) atoms. The highest BCUT2D eigenvalue weighted by atomic mass is 16.3. The lowest BCUT2D eigenvalue weighted by Crippen LogP contribution is -2.25. The normalized spacial score (nSPS) is 19.2. The first-order chi connectivity index (χ1) is 11.7. The van der Waals surface area contributed by atoms with Gasteiger partial charge >= 0.3 is 0 Å². The van der Waals surface area contributed by atoms with Crippen molar-refractivity contribution in [3.63, 3.8) is 0 Å². The van der Waals surface area contributed by atoms with Crippen LogP contribution < -0.4 is 5.32 Å². The first kappa shape index (κ1) is 14.7. The van der Waals surface area contributed by atoms with Gasteiger partial charge in [-0.2, -0.15) is 0 Å². The highest BCUT2D eigenvalue weighted by Crippen LogP contribution is 2.47. The summed E-state index contributed by atoms with van der Waals surface area (Å²) < 4.78 is 7.30. The van der Waals surface area contributed by atoms with Gasteiger partial charge in [-0.25, -0.2) is 9.97 Å². The molecule has 2 atom stereocenters. The molecule has 0 radical (unpaired) electrons. The summed E-state index contributed by atoms with van der Waals surface area (Å²) in [6.07, 6.45) is 7.85. The Labute approximate surface area is 139 Å². The Balaban J connectivity index is 1.44. The summed E-state index contributed by atoms with van der Waals surface area (Å²) in [5.41, 5.74) is 0.960. The molecule has 1 aliphatic carbocycles. The minimum absolute atomic E-state index is 0.00579. The zero-order valence-corrected chi connectivity index (χ0v) is 13.3. The van der Waals surface area contributed by atoms with E-state index in [9.17, 15) is 4.79 Å². The SMILES string of the molecule is Cc1nccn1-c1ncccc1CNC(=O)[C@@H]1C[C@@H]1c1ccco1. The topological polar surface area (TPSA) is 73.0 Å². The molecule has 0 aliphatic heterocycles. The van der Waals surface area contributed by atoms with Crippen molar-refractivity contribution in [3.8, 4) is 5.82 Å². The zero-order valence-electron chi connectivity index (χ0n) is 13.3. The predicted molar refractivity (Wildman–Crippen MR) is 87.5 cm³/mol. The number of carbonyl (C=O) groups is 1. The van der Waals surface area contributed by atoms with E-state index in [1.807, 2.05) is 42.0 Å². The highest BCUT2D eigenvalue weighted by Gasteiger charge is 2.45. The molecule has 1 N–H and O–H groups in total. The average Bonchev–Trinajstić information content (AvgIpc) is 3.01. The molecule has 6 heteroatoms. The summed E-state index contributed by atoms with van der Waals surface area (Å²) >= 11 is 0. The van der Waals surface area contributed by atoms with Crippen molar-refractivity contribution in [2.24, 2.45) is 5.92 Å². The third-order valence-corrected chi connectivity index (χ3v) is 4.41. The molecule has 0 spiro atoms. The Morgan fingerprint density at radius 1 is 1.33 bits per heavy atom. The van der Waals surface area contributed by atoms with E-state index in [0.717, 1.165) is 29.4 Å². The van der Waals surface area contributed by atoms with Gasteiger partial charge in [0.25, 0.3) is 0 Å². The van der Waals surface area contributed by atoms with E-state index in [0.29, 0.717) is 6.54 Å².